The van der Waals surface area contributed by atoms with E-state index < -0.39 is 5.82 Å². The molecule has 0 spiro atoms. The Morgan fingerprint density at radius 2 is 1.75 bits per heavy atom. The molecule has 0 atom stereocenters. The minimum absolute atomic E-state index is 0.170. The Bertz CT molecular complexity index is 612. The van der Waals surface area contributed by atoms with Gasteiger partial charge in [-0.2, -0.15) is 0 Å². The van der Waals surface area contributed by atoms with E-state index in [2.05, 4.69) is 13.8 Å². The minimum atomic E-state index is -0.436. The predicted octanol–water partition coefficient (Wildman–Crippen LogP) is 4.68. The van der Waals surface area contributed by atoms with E-state index in [-0.39, 0.29) is 17.8 Å². The zero-order valence-electron chi connectivity index (χ0n) is 12.1. The van der Waals surface area contributed by atoms with Crippen molar-refractivity contribution in [2.75, 3.05) is 0 Å². The lowest BCUT2D eigenvalue weighted by molar-refractivity contribution is 0.0989. The van der Waals surface area contributed by atoms with Crippen molar-refractivity contribution < 1.29 is 9.18 Å². The highest BCUT2D eigenvalue weighted by molar-refractivity contribution is 5.97. The molecule has 0 N–H and O–H groups in total. The lowest BCUT2D eigenvalue weighted by atomic mass is 9.98. The van der Waals surface area contributed by atoms with Gasteiger partial charge in [-0.25, -0.2) is 4.39 Å². The van der Waals surface area contributed by atoms with Crippen molar-refractivity contribution in [1.29, 1.82) is 0 Å². The zero-order valence-corrected chi connectivity index (χ0v) is 12.1. The van der Waals surface area contributed by atoms with Crippen LogP contribution in [0.25, 0.3) is 0 Å². The molecule has 2 rings (SSSR count). The van der Waals surface area contributed by atoms with Crippen molar-refractivity contribution in [1.82, 2.24) is 0 Å². The molecule has 2 aromatic rings. The Balaban J connectivity index is 2.15. The number of carbonyl (C=O) groups excluding carboxylic acids is 1. The van der Waals surface area contributed by atoms with Gasteiger partial charge in [0.1, 0.15) is 5.82 Å². The minimum Gasteiger partial charge on any atom is -0.294 e. The van der Waals surface area contributed by atoms with E-state index in [1.165, 1.54) is 11.6 Å². The smallest absolute Gasteiger partial charge is 0.170 e. The summed E-state index contributed by atoms with van der Waals surface area (Å²) < 4.78 is 13.8. The van der Waals surface area contributed by atoms with E-state index in [1.54, 1.807) is 12.1 Å². The molecule has 104 valence electrons. The molecule has 2 heteroatoms. The first-order valence-electron chi connectivity index (χ1n) is 6.85. The molecule has 0 aliphatic heterocycles. The highest BCUT2D eigenvalue weighted by Crippen LogP contribution is 2.17. The van der Waals surface area contributed by atoms with Crippen LogP contribution in [-0.2, 0) is 6.42 Å². The number of hydrogen-bond acceptors (Lipinski definition) is 1. The van der Waals surface area contributed by atoms with Crippen molar-refractivity contribution in [2.45, 2.75) is 33.1 Å². The summed E-state index contributed by atoms with van der Waals surface area (Å²) in [7, 11) is 0. The number of hydrogen-bond donors (Lipinski definition) is 0. The molecule has 0 fully saturated rings. The number of ketones is 1. The van der Waals surface area contributed by atoms with Gasteiger partial charge in [0.2, 0.25) is 0 Å². The van der Waals surface area contributed by atoms with Crippen molar-refractivity contribution in [3.8, 4) is 0 Å². The number of Topliss-reactive ketones (excluding diaryl/α,β-unsaturated/α-hetero) is 1. The molecular weight excluding hydrogens is 251 g/mol. The van der Waals surface area contributed by atoms with Crippen LogP contribution >= 0.6 is 0 Å². The summed E-state index contributed by atoms with van der Waals surface area (Å²) in [6.45, 7) is 6.06. The van der Waals surface area contributed by atoms with E-state index >= 15 is 0 Å². The summed E-state index contributed by atoms with van der Waals surface area (Å²) in [6.07, 6.45) is 0.234. The quantitative estimate of drug-likeness (QED) is 0.737. The molecular formula is C18H19FO. The second-order valence-electron chi connectivity index (χ2n) is 5.48. The zero-order chi connectivity index (χ0) is 14.7. The number of rotatable bonds is 4. The lowest BCUT2D eigenvalue weighted by Crippen LogP contribution is -2.06. The summed E-state index contributed by atoms with van der Waals surface area (Å²) in [5.74, 6) is -0.150. The molecule has 2 aromatic carbocycles. The standard InChI is InChI=1S/C18H19FO/c1-12(2)15-7-5-14(6-8-15)11-18(20)16-9-4-13(3)10-17(16)19/h4-10,12H,11H2,1-3H3. The van der Waals surface area contributed by atoms with Gasteiger partial charge in [-0.15, -0.1) is 0 Å². The lowest BCUT2D eigenvalue weighted by Gasteiger charge is -2.07. The Morgan fingerprint density at radius 1 is 1.10 bits per heavy atom. The second-order valence-corrected chi connectivity index (χ2v) is 5.48. The maximum absolute atomic E-state index is 13.8. The maximum Gasteiger partial charge on any atom is 0.170 e. The van der Waals surface area contributed by atoms with Crippen LogP contribution in [0.1, 0.15) is 46.8 Å². The van der Waals surface area contributed by atoms with Gasteiger partial charge in [0.25, 0.3) is 0 Å². The highest BCUT2D eigenvalue weighted by Gasteiger charge is 2.12. The highest BCUT2D eigenvalue weighted by atomic mass is 19.1. The Labute approximate surface area is 119 Å². The van der Waals surface area contributed by atoms with E-state index in [9.17, 15) is 9.18 Å². The fraction of sp³-hybridized carbons (Fsp3) is 0.278. The molecule has 0 unspecified atom stereocenters. The maximum atomic E-state index is 13.8. The van der Waals surface area contributed by atoms with E-state index in [0.717, 1.165) is 11.1 Å². The molecule has 1 nitrogen and oxygen atoms in total. The first kappa shape index (κ1) is 14.4. The molecule has 0 aliphatic rings. The molecule has 0 heterocycles. The van der Waals surface area contributed by atoms with Gasteiger partial charge in [-0.3, -0.25) is 4.79 Å². The van der Waals surface area contributed by atoms with Crippen LogP contribution < -0.4 is 0 Å². The summed E-state index contributed by atoms with van der Waals surface area (Å²) in [5, 5.41) is 0. The Kier molecular flexibility index (Phi) is 4.33. The number of halogens is 1. The van der Waals surface area contributed by atoms with Gasteiger partial charge < -0.3 is 0 Å². The molecule has 0 bridgehead atoms. The topological polar surface area (TPSA) is 17.1 Å². The van der Waals surface area contributed by atoms with Crippen LogP contribution in [0.3, 0.4) is 0 Å². The third kappa shape index (κ3) is 3.32. The van der Waals surface area contributed by atoms with E-state index in [4.69, 9.17) is 0 Å². The fourth-order valence-electron chi connectivity index (χ4n) is 2.15. The molecule has 0 radical (unpaired) electrons. The number of benzene rings is 2. The first-order chi connectivity index (χ1) is 9.47. The van der Waals surface area contributed by atoms with Crippen LogP contribution in [0.5, 0.6) is 0 Å². The second kappa shape index (κ2) is 6.00. The van der Waals surface area contributed by atoms with E-state index in [0.29, 0.717) is 5.92 Å². The van der Waals surface area contributed by atoms with Crippen LogP contribution in [0.2, 0.25) is 0 Å². The normalized spacial score (nSPS) is 10.8. The van der Waals surface area contributed by atoms with Gasteiger partial charge in [0.05, 0.1) is 5.56 Å². The van der Waals surface area contributed by atoms with Crippen molar-refractivity contribution in [3.63, 3.8) is 0 Å². The molecule has 0 saturated heterocycles. The average Bonchev–Trinajstić information content (AvgIpc) is 2.39. The summed E-state index contributed by atoms with van der Waals surface area (Å²) in [5.41, 5.74) is 3.14. The molecule has 0 amide bonds. The predicted molar refractivity (Wildman–Crippen MR) is 79.7 cm³/mol. The van der Waals surface area contributed by atoms with Gasteiger partial charge in [0, 0.05) is 6.42 Å². The van der Waals surface area contributed by atoms with Crippen LogP contribution in [0.15, 0.2) is 42.5 Å². The average molecular weight is 270 g/mol. The number of aryl methyl sites for hydroxylation is 1. The summed E-state index contributed by atoms with van der Waals surface area (Å²) in [6, 6.07) is 12.7. The van der Waals surface area contributed by atoms with Crippen LogP contribution in [0.4, 0.5) is 4.39 Å². The monoisotopic (exact) mass is 270 g/mol. The third-order valence-corrected chi connectivity index (χ3v) is 3.44. The Morgan fingerprint density at radius 3 is 2.30 bits per heavy atom. The molecule has 0 aromatic heterocycles. The molecule has 0 aliphatic carbocycles. The summed E-state index contributed by atoms with van der Waals surface area (Å²) in [4.78, 5) is 12.1. The van der Waals surface area contributed by atoms with Crippen LogP contribution in [-0.4, -0.2) is 5.78 Å². The fourth-order valence-corrected chi connectivity index (χ4v) is 2.15. The van der Waals surface area contributed by atoms with Crippen molar-refractivity contribution in [3.05, 3.63) is 70.5 Å². The summed E-state index contributed by atoms with van der Waals surface area (Å²) >= 11 is 0. The third-order valence-electron chi connectivity index (χ3n) is 3.44. The van der Waals surface area contributed by atoms with Crippen molar-refractivity contribution >= 4 is 5.78 Å². The van der Waals surface area contributed by atoms with E-state index in [1.807, 2.05) is 31.2 Å². The Hall–Kier alpha value is -1.96. The first-order valence-corrected chi connectivity index (χ1v) is 6.85. The SMILES string of the molecule is Cc1ccc(C(=O)Cc2ccc(C(C)C)cc2)c(F)c1. The molecule has 20 heavy (non-hydrogen) atoms. The number of carbonyl (C=O) groups is 1. The largest absolute Gasteiger partial charge is 0.294 e. The van der Waals surface area contributed by atoms with Gasteiger partial charge >= 0.3 is 0 Å². The van der Waals surface area contributed by atoms with Crippen LogP contribution in [0, 0.1) is 12.7 Å². The van der Waals surface area contributed by atoms with Gasteiger partial charge in [0.15, 0.2) is 5.78 Å². The van der Waals surface area contributed by atoms with Crippen molar-refractivity contribution in [2.24, 2.45) is 0 Å². The molecule has 0 saturated carbocycles. The van der Waals surface area contributed by atoms with Gasteiger partial charge in [-0.1, -0.05) is 44.2 Å². The van der Waals surface area contributed by atoms with Gasteiger partial charge in [-0.05, 0) is 41.7 Å².